The number of hydrogen-bond donors (Lipinski definition) is 1. The molecule has 1 fully saturated rings. The number of fused-ring (bicyclic) bond motifs is 1. The summed E-state index contributed by atoms with van der Waals surface area (Å²) in [6, 6.07) is 3.98. The maximum atomic E-state index is 4.84. The van der Waals surface area contributed by atoms with E-state index in [9.17, 15) is 0 Å². The van der Waals surface area contributed by atoms with Gasteiger partial charge < -0.3 is 10.2 Å². The lowest BCUT2D eigenvalue weighted by atomic mass is 9.97. The van der Waals surface area contributed by atoms with Crippen molar-refractivity contribution >= 4 is 51.3 Å². The Kier molecular flexibility index (Phi) is 6.16. The summed E-state index contributed by atoms with van der Waals surface area (Å²) < 4.78 is 0. The highest BCUT2D eigenvalue weighted by molar-refractivity contribution is 7.98. The first kappa shape index (κ1) is 22.0. The first-order valence-electron chi connectivity index (χ1n) is 11.1. The van der Waals surface area contributed by atoms with Gasteiger partial charge in [-0.2, -0.15) is 11.8 Å². The molecule has 5 heterocycles. The smallest absolute Gasteiger partial charge is 0.173 e. The molecule has 170 valence electrons. The second kappa shape index (κ2) is 9.23. The van der Waals surface area contributed by atoms with E-state index in [0.717, 1.165) is 45.9 Å². The van der Waals surface area contributed by atoms with Crippen molar-refractivity contribution in [1.82, 2.24) is 24.9 Å². The van der Waals surface area contributed by atoms with Crippen molar-refractivity contribution in [2.75, 3.05) is 35.3 Å². The molecule has 0 aromatic carbocycles. The minimum atomic E-state index is 0.366. The molecule has 4 aromatic rings. The molecule has 33 heavy (non-hydrogen) atoms. The number of hydrogen-bond acceptors (Lipinski definition) is 9. The fourth-order valence-corrected chi connectivity index (χ4v) is 5.55. The second-order valence-electron chi connectivity index (χ2n) is 8.67. The largest absolute Gasteiger partial charge is 0.355 e. The minimum Gasteiger partial charge on any atom is -0.355 e. The third-order valence-corrected chi connectivity index (χ3v) is 7.53. The fourth-order valence-electron chi connectivity index (χ4n) is 4.15. The first-order valence-corrected chi connectivity index (χ1v) is 13.3. The highest BCUT2D eigenvalue weighted by Crippen LogP contribution is 2.35. The van der Waals surface area contributed by atoms with Gasteiger partial charge in [0.25, 0.3) is 0 Å². The zero-order valence-corrected chi connectivity index (χ0v) is 20.9. The predicted octanol–water partition coefficient (Wildman–Crippen LogP) is 5.52. The number of thioether (sulfide) groups is 1. The number of aromatic nitrogens is 5. The van der Waals surface area contributed by atoms with Gasteiger partial charge >= 0.3 is 0 Å². The monoisotopic (exact) mass is 477 g/mol. The van der Waals surface area contributed by atoms with Crippen LogP contribution in [0.5, 0.6) is 0 Å². The van der Waals surface area contributed by atoms with E-state index in [0.29, 0.717) is 17.6 Å². The number of anilines is 3. The van der Waals surface area contributed by atoms with Gasteiger partial charge in [0, 0.05) is 49.2 Å². The lowest BCUT2D eigenvalue weighted by Gasteiger charge is -2.40. The molecule has 0 aliphatic carbocycles. The lowest BCUT2D eigenvalue weighted by molar-refractivity contribution is 0.452. The number of rotatable bonds is 7. The first-order chi connectivity index (χ1) is 16.0. The summed E-state index contributed by atoms with van der Waals surface area (Å²) in [5, 5.41) is 6.66. The molecule has 0 radical (unpaired) electrons. The Labute approximate surface area is 202 Å². The molecule has 0 unspecified atom stereocenters. The highest BCUT2D eigenvalue weighted by atomic mass is 32.2. The van der Waals surface area contributed by atoms with Gasteiger partial charge in [-0.15, -0.1) is 11.3 Å². The van der Waals surface area contributed by atoms with Crippen molar-refractivity contribution in [1.29, 1.82) is 0 Å². The molecule has 0 bridgehead atoms. The standard InChI is InChI=1S/C24H27N7S2/c1-14(2)18-8-28-24(31-11-16(12-31)13-32-4)19-9-27-22(7-17(18)19)29-21-5-6-25-23(30-21)20-10-26-15(3)33-20/h5-10,14,16H,11-13H2,1-4H3,(H,25,27,29,30). The van der Waals surface area contributed by atoms with Crippen LogP contribution in [0.2, 0.25) is 0 Å². The Balaban J connectivity index is 1.46. The third-order valence-electron chi connectivity index (χ3n) is 5.82. The number of nitrogens with zero attached hydrogens (tertiary/aromatic N) is 6. The number of thiazole rings is 1. The summed E-state index contributed by atoms with van der Waals surface area (Å²) in [5.41, 5.74) is 1.23. The van der Waals surface area contributed by atoms with Crippen molar-refractivity contribution in [2.45, 2.75) is 26.7 Å². The normalized spacial score (nSPS) is 14.2. The van der Waals surface area contributed by atoms with Crippen molar-refractivity contribution in [3.05, 3.63) is 47.5 Å². The van der Waals surface area contributed by atoms with Crippen LogP contribution in [0.3, 0.4) is 0 Å². The summed E-state index contributed by atoms with van der Waals surface area (Å²) in [4.78, 5) is 26.3. The van der Waals surface area contributed by atoms with Crippen LogP contribution in [0.1, 0.15) is 30.3 Å². The second-order valence-corrected chi connectivity index (χ2v) is 10.8. The van der Waals surface area contributed by atoms with E-state index in [1.165, 1.54) is 16.7 Å². The van der Waals surface area contributed by atoms with Gasteiger partial charge in [0.1, 0.15) is 17.5 Å². The molecule has 0 saturated carbocycles. The van der Waals surface area contributed by atoms with Crippen molar-refractivity contribution in [3.63, 3.8) is 0 Å². The topological polar surface area (TPSA) is 79.7 Å². The van der Waals surface area contributed by atoms with Crippen LogP contribution in [-0.2, 0) is 0 Å². The van der Waals surface area contributed by atoms with Crippen LogP contribution < -0.4 is 10.2 Å². The zero-order chi connectivity index (χ0) is 22.9. The maximum absolute atomic E-state index is 4.84. The summed E-state index contributed by atoms with van der Waals surface area (Å²) >= 11 is 3.50. The van der Waals surface area contributed by atoms with E-state index < -0.39 is 0 Å². The molecule has 4 aromatic heterocycles. The van der Waals surface area contributed by atoms with Gasteiger partial charge in [-0.25, -0.2) is 24.9 Å². The van der Waals surface area contributed by atoms with Crippen LogP contribution >= 0.6 is 23.1 Å². The van der Waals surface area contributed by atoms with Gasteiger partial charge in [-0.1, -0.05) is 13.8 Å². The molecular weight excluding hydrogens is 450 g/mol. The van der Waals surface area contributed by atoms with Crippen molar-refractivity contribution in [2.24, 2.45) is 5.92 Å². The summed E-state index contributed by atoms with van der Waals surface area (Å²) in [6.07, 6.45) is 9.73. The van der Waals surface area contributed by atoms with E-state index >= 15 is 0 Å². The number of pyridine rings is 2. The molecule has 0 spiro atoms. The average molecular weight is 478 g/mol. The van der Waals surface area contributed by atoms with Crippen LogP contribution in [0.25, 0.3) is 21.5 Å². The van der Waals surface area contributed by atoms with Crippen LogP contribution in [0.15, 0.2) is 36.9 Å². The van der Waals surface area contributed by atoms with Gasteiger partial charge in [0.05, 0.1) is 9.88 Å². The van der Waals surface area contributed by atoms with Crippen LogP contribution in [0, 0.1) is 12.8 Å². The van der Waals surface area contributed by atoms with E-state index in [4.69, 9.17) is 9.97 Å². The van der Waals surface area contributed by atoms with E-state index in [1.54, 1.807) is 17.5 Å². The SMILES string of the molecule is CSCC1CN(c2ncc(C(C)C)c3cc(Nc4ccnc(-c5cnc(C)s5)n4)ncc23)C1. The Morgan fingerprint density at radius 1 is 1.09 bits per heavy atom. The Bertz CT molecular complexity index is 1280. The van der Waals surface area contributed by atoms with Gasteiger partial charge in [0.15, 0.2) is 5.82 Å². The maximum Gasteiger partial charge on any atom is 0.173 e. The molecule has 0 amide bonds. The lowest BCUT2D eigenvalue weighted by Crippen LogP contribution is -2.48. The van der Waals surface area contributed by atoms with E-state index in [2.05, 4.69) is 51.3 Å². The summed E-state index contributed by atoms with van der Waals surface area (Å²) in [5.74, 6) is 5.48. The van der Waals surface area contributed by atoms with Crippen molar-refractivity contribution in [3.8, 4) is 10.7 Å². The average Bonchev–Trinajstić information content (AvgIpc) is 3.22. The third kappa shape index (κ3) is 4.52. The number of aryl methyl sites for hydroxylation is 1. The van der Waals surface area contributed by atoms with Crippen LogP contribution in [-0.4, -0.2) is 50.0 Å². The molecule has 1 N–H and O–H groups in total. The molecule has 5 rings (SSSR count). The van der Waals surface area contributed by atoms with Gasteiger partial charge in [-0.05, 0) is 47.9 Å². The zero-order valence-electron chi connectivity index (χ0n) is 19.2. The van der Waals surface area contributed by atoms with Crippen molar-refractivity contribution < 1.29 is 0 Å². The Hall–Kier alpha value is -2.78. The highest BCUT2D eigenvalue weighted by Gasteiger charge is 2.29. The fraction of sp³-hybridized carbons (Fsp3) is 0.375. The van der Waals surface area contributed by atoms with E-state index in [-0.39, 0.29) is 0 Å². The molecular formula is C24H27N7S2. The molecule has 1 aliphatic heterocycles. The molecule has 9 heteroatoms. The Morgan fingerprint density at radius 2 is 1.94 bits per heavy atom. The van der Waals surface area contributed by atoms with Gasteiger partial charge in [0.2, 0.25) is 0 Å². The number of nitrogens with one attached hydrogen (secondary N) is 1. The van der Waals surface area contributed by atoms with E-state index in [1.807, 2.05) is 43.3 Å². The quantitative estimate of drug-likeness (QED) is 0.373. The van der Waals surface area contributed by atoms with Crippen LogP contribution in [0.4, 0.5) is 17.5 Å². The minimum absolute atomic E-state index is 0.366. The molecule has 0 atom stereocenters. The molecule has 7 nitrogen and oxygen atoms in total. The Morgan fingerprint density at radius 3 is 2.67 bits per heavy atom. The molecule has 1 aliphatic rings. The predicted molar refractivity (Wildman–Crippen MR) is 139 cm³/mol. The van der Waals surface area contributed by atoms with Gasteiger partial charge in [-0.3, -0.25) is 0 Å². The molecule has 1 saturated heterocycles. The summed E-state index contributed by atoms with van der Waals surface area (Å²) in [6.45, 7) is 8.51. The summed E-state index contributed by atoms with van der Waals surface area (Å²) in [7, 11) is 0.